The van der Waals surface area contributed by atoms with Gasteiger partial charge in [0.05, 0.1) is 0 Å². The molecule has 0 radical (unpaired) electrons. The van der Waals surface area contributed by atoms with Crippen molar-refractivity contribution in [3.8, 4) is 0 Å². The highest BCUT2D eigenvalue weighted by molar-refractivity contribution is 5.89. The fraction of sp³-hybridized carbons (Fsp3) is 0.458. The van der Waals surface area contributed by atoms with Crippen LogP contribution in [0.4, 0.5) is 5.82 Å². The van der Waals surface area contributed by atoms with Crippen LogP contribution < -0.4 is 10.2 Å². The molecule has 0 aliphatic carbocycles. The number of aromatic nitrogens is 1. The molecule has 2 fully saturated rings. The lowest BCUT2D eigenvalue weighted by atomic mass is 10.0. The Kier molecular flexibility index (Phi) is 6.62. The van der Waals surface area contributed by atoms with E-state index in [0.29, 0.717) is 19.5 Å². The van der Waals surface area contributed by atoms with Gasteiger partial charge in [0.15, 0.2) is 0 Å². The van der Waals surface area contributed by atoms with Gasteiger partial charge in [-0.2, -0.15) is 0 Å². The fourth-order valence-corrected chi connectivity index (χ4v) is 4.36. The average molecular weight is 407 g/mol. The summed E-state index contributed by atoms with van der Waals surface area (Å²) in [5.41, 5.74) is 1.88. The summed E-state index contributed by atoms with van der Waals surface area (Å²) in [7, 11) is 0. The van der Waals surface area contributed by atoms with Gasteiger partial charge < -0.3 is 15.1 Å². The van der Waals surface area contributed by atoms with E-state index in [1.54, 1.807) is 4.90 Å². The number of anilines is 1. The highest BCUT2D eigenvalue weighted by Crippen LogP contribution is 2.26. The molecule has 0 spiro atoms. The van der Waals surface area contributed by atoms with Crippen molar-refractivity contribution < 1.29 is 9.59 Å². The zero-order chi connectivity index (χ0) is 20.8. The van der Waals surface area contributed by atoms with E-state index in [9.17, 15) is 9.59 Å². The smallest absolute Gasteiger partial charge is 0.247 e. The highest BCUT2D eigenvalue weighted by Gasteiger charge is 2.32. The number of nitrogens with one attached hydrogen (secondary N) is 1. The number of carbonyl (C=O) groups is 2. The summed E-state index contributed by atoms with van der Waals surface area (Å²) in [5.74, 6) is 0.904. The SMILES string of the molecule is O=C(NCc1ccnc(N2CCCCC2)c1)C(c1ccccc1)N1CCCCC1=O. The number of nitrogens with zero attached hydrogens (tertiary/aromatic N) is 3. The molecule has 0 bridgehead atoms. The standard InChI is InChI=1S/C24H30N4O2/c29-22-11-5-8-16-28(22)23(20-9-3-1-4-10-20)24(30)26-18-19-12-13-25-21(17-19)27-14-6-2-7-15-27/h1,3-4,9-10,12-13,17,23H,2,5-8,11,14-16,18H2,(H,26,30). The lowest BCUT2D eigenvalue weighted by molar-refractivity contribution is -0.142. The molecule has 2 aliphatic heterocycles. The van der Waals surface area contributed by atoms with Gasteiger partial charge in [0.25, 0.3) is 0 Å². The monoisotopic (exact) mass is 406 g/mol. The van der Waals surface area contributed by atoms with Crippen molar-refractivity contribution in [1.82, 2.24) is 15.2 Å². The van der Waals surface area contributed by atoms with Crippen LogP contribution in [-0.4, -0.2) is 41.3 Å². The minimum atomic E-state index is -0.581. The Bertz CT molecular complexity index is 865. The predicted molar refractivity (Wildman–Crippen MR) is 117 cm³/mol. The van der Waals surface area contributed by atoms with Gasteiger partial charge in [0.1, 0.15) is 11.9 Å². The molecule has 2 saturated heterocycles. The van der Waals surface area contributed by atoms with Gasteiger partial charge in [-0.05, 0) is 55.4 Å². The Labute approximate surface area is 178 Å². The second-order valence-electron chi connectivity index (χ2n) is 8.15. The van der Waals surface area contributed by atoms with Crippen molar-refractivity contribution in [1.29, 1.82) is 0 Å². The number of piperidine rings is 2. The first-order chi connectivity index (χ1) is 14.7. The van der Waals surface area contributed by atoms with Crippen LogP contribution in [0.1, 0.15) is 55.7 Å². The van der Waals surface area contributed by atoms with Crippen molar-refractivity contribution >= 4 is 17.6 Å². The van der Waals surface area contributed by atoms with Gasteiger partial charge in [-0.1, -0.05) is 30.3 Å². The van der Waals surface area contributed by atoms with E-state index >= 15 is 0 Å². The summed E-state index contributed by atoms with van der Waals surface area (Å²) in [5, 5.41) is 3.07. The molecule has 4 rings (SSSR count). The van der Waals surface area contributed by atoms with Gasteiger partial charge in [0, 0.05) is 38.8 Å². The Morgan fingerprint density at radius 3 is 2.53 bits per heavy atom. The number of hydrogen-bond donors (Lipinski definition) is 1. The normalized spacial score (nSPS) is 18.2. The zero-order valence-corrected chi connectivity index (χ0v) is 17.4. The lowest BCUT2D eigenvalue weighted by Gasteiger charge is -2.34. The minimum absolute atomic E-state index is 0.0570. The van der Waals surface area contributed by atoms with Crippen LogP contribution in [0.2, 0.25) is 0 Å². The Hall–Kier alpha value is -2.89. The molecule has 2 aliphatic rings. The molecule has 30 heavy (non-hydrogen) atoms. The van der Waals surface area contributed by atoms with Crippen molar-refractivity contribution in [3.63, 3.8) is 0 Å². The number of rotatable bonds is 6. The minimum Gasteiger partial charge on any atom is -0.357 e. The molecule has 1 unspecified atom stereocenters. The first-order valence-electron chi connectivity index (χ1n) is 11.0. The third-order valence-corrected chi connectivity index (χ3v) is 5.99. The molecule has 158 valence electrons. The maximum atomic E-state index is 13.2. The van der Waals surface area contributed by atoms with Crippen molar-refractivity contribution in [2.75, 3.05) is 24.5 Å². The fourth-order valence-electron chi connectivity index (χ4n) is 4.36. The third kappa shape index (κ3) is 4.81. The van der Waals surface area contributed by atoms with Crippen molar-refractivity contribution in [2.45, 2.75) is 51.1 Å². The molecule has 1 atom stereocenters. The van der Waals surface area contributed by atoms with Gasteiger partial charge in [0.2, 0.25) is 11.8 Å². The predicted octanol–water partition coefficient (Wildman–Crippen LogP) is 3.44. The topological polar surface area (TPSA) is 65.5 Å². The molecule has 0 saturated carbocycles. The maximum absolute atomic E-state index is 13.2. The van der Waals surface area contributed by atoms with Gasteiger partial charge >= 0.3 is 0 Å². The molecule has 6 nitrogen and oxygen atoms in total. The summed E-state index contributed by atoms with van der Waals surface area (Å²) in [4.78, 5) is 34.3. The van der Waals surface area contributed by atoms with E-state index < -0.39 is 6.04 Å². The summed E-state index contributed by atoms with van der Waals surface area (Å²) in [6, 6.07) is 13.0. The Morgan fingerprint density at radius 2 is 1.77 bits per heavy atom. The van der Waals surface area contributed by atoms with Crippen LogP contribution in [0.5, 0.6) is 0 Å². The van der Waals surface area contributed by atoms with E-state index in [0.717, 1.165) is 42.9 Å². The van der Waals surface area contributed by atoms with E-state index in [1.807, 2.05) is 42.6 Å². The zero-order valence-electron chi connectivity index (χ0n) is 17.4. The van der Waals surface area contributed by atoms with Crippen LogP contribution in [-0.2, 0) is 16.1 Å². The Morgan fingerprint density at radius 1 is 1.00 bits per heavy atom. The third-order valence-electron chi connectivity index (χ3n) is 5.99. The van der Waals surface area contributed by atoms with E-state index in [-0.39, 0.29) is 11.8 Å². The summed E-state index contributed by atoms with van der Waals surface area (Å²) >= 11 is 0. The number of benzene rings is 1. The van der Waals surface area contributed by atoms with Crippen molar-refractivity contribution in [3.05, 3.63) is 59.8 Å². The molecular formula is C24H30N4O2. The van der Waals surface area contributed by atoms with E-state index in [2.05, 4.69) is 21.3 Å². The van der Waals surface area contributed by atoms with Crippen LogP contribution >= 0.6 is 0 Å². The summed E-state index contributed by atoms with van der Waals surface area (Å²) < 4.78 is 0. The highest BCUT2D eigenvalue weighted by atomic mass is 16.2. The number of likely N-dealkylation sites (tertiary alicyclic amines) is 1. The molecule has 2 amide bonds. The molecule has 6 heteroatoms. The second-order valence-corrected chi connectivity index (χ2v) is 8.15. The summed E-state index contributed by atoms with van der Waals surface area (Å²) in [6.07, 6.45) is 7.84. The average Bonchev–Trinajstić information content (AvgIpc) is 2.81. The first-order valence-corrected chi connectivity index (χ1v) is 11.0. The number of hydrogen-bond acceptors (Lipinski definition) is 4. The van der Waals surface area contributed by atoms with Gasteiger partial charge in [-0.3, -0.25) is 9.59 Å². The molecular weight excluding hydrogens is 376 g/mol. The van der Waals surface area contributed by atoms with E-state index in [4.69, 9.17) is 0 Å². The first kappa shape index (κ1) is 20.4. The van der Waals surface area contributed by atoms with Gasteiger partial charge in [-0.15, -0.1) is 0 Å². The quantitative estimate of drug-likeness (QED) is 0.798. The van der Waals surface area contributed by atoms with Crippen molar-refractivity contribution in [2.24, 2.45) is 0 Å². The van der Waals surface area contributed by atoms with Crippen LogP contribution in [0.25, 0.3) is 0 Å². The molecule has 1 aromatic heterocycles. The number of amides is 2. The van der Waals surface area contributed by atoms with Crippen LogP contribution in [0.15, 0.2) is 48.7 Å². The molecule has 1 N–H and O–H groups in total. The van der Waals surface area contributed by atoms with E-state index in [1.165, 1.54) is 19.3 Å². The Balaban J connectivity index is 1.47. The maximum Gasteiger partial charge on any atom is 0.247 e. The van der Waals surface area contributed by atoms with Crippen LogP contribution in [0, 0.1) is 0 Å². The summed E-state index contributed by atoms with van der Waals surface area (Å²) in [6.45, 7) is 3.12. The largest absolute Gasteiger partial charge is 0.357 e. The van der Waals surface area contributed by atoms with Gasteiger partial charge in [-0.25, -0.2) is 4.98 Å². The number of pyridine rings is 1. The second kappa shape index (κ2) is 9.74. The van der Waals surface area contributed by atoms with Crippen LogP contribution in [0.3, 0.4) is 0 Å². The number of carbonyl (C=O) groups excluding carboxylic acids is 2. The molecule has 2 aromatic rings. The lowest BCUT2D eigenvalue weighted by Crippen LogP contribution is -2.45. The molecule has 3 heterocycles. The molecule has 1 aromatic carbocycles.